The Morgan fingerprint density at radius 2 is 1.94 bits per heavy atom. The van der Waals surface area contributed by atoms with Gasteiger partial charge >= 0.3 is 0 Å². The van der Waals surface area contributed by atoms with Crippen molar-refractivity contribution in [2.75, 3.05) is 0 Å². The molecule has 0 aromatic carbocycles. The van der Waals surface area contributed by atoms with Crippen LogP contribution in [0.15, 0.2) is 42.7 Å². The summed E-state index contributed by atoms with van der Waals surface area (Å²) in [5.74, 6) is 0. The van der Waals surface area contributed by atoms with Gasteiger partial charge in [-0.15, -0.1) is 0 Å². The standard InChI is InChI=1S/C13H14N2S/c1-2-12(16)10-6-5-9-15-13(10)11-7-3-4-8-14-11/h3-9,12,16H,2H2,1H3. The summed E-state index contributed by atoms with van der Waals surface area (Å²) in [6, 6.07) is 9.87. The van der Waals surface area contributed by atoms with Gasteiger partial charge in [0.1, 0.15) is 0 Å². The zero-order valence-corrected chi connectivity index (χ0v) is 10.1. The second-order valence-corrected chi connectivity index (χ2v) is 4.20. The Morgan fingerprint density at radius 1 is 1.12 bits per heavy atom. The van der Waals surface area contributed by atoms with Gasteiger partial charge in [0.25, 0.3) is 0 Å². The van der Waals surface area contributed by atoms with Crippen molar-refractivity contribution in [1.29, 1.82) is 0 Å². The second kappa shape index (κ2) is 5.12. The molecule has 1 atom stereocenters. The van der Waals surface area contributed by atoms with Gasteiger partial charge in [-0.2, -0.15) is 12.6 Å². The fourth-order valence-corrected chi connectivity index (χ4v) is 1.83. The first-order valence-corrected chi connectivity index (χ1v) is 5.89. The molecule has 0 amide bonds. The quantitative estimate of drug-likeness (QED) is 0.816. The summed E-state index contributed by atoms with van der Waals surface area (Å²) < 4.78 is 0. The molecule has 2 rings (SSSR count). The van der Waals surface area contributed by atoms with Gasteiger partial charge in [0, 0.05) is 17.6 Å². The third-order valence-electron chi connectivity index (χ3n) is 2.49. The Labute approximate surface area is 101 Å². The Kier molecular flexibility index (Phi) is 3.57. The maximum absolute atomic E-state index is 4.57. The van der Waals surface area contributed by atoms with Crippen LogP contribution < -0.4 is 0 Å². The minimum atomic E-state index is 0.214. The maximum Gasteiger partial charge on any atom is 0.0929 e. The van der Waals surface area contributed by atoms with Crippen LogP contribution in [0.25, 0.3) is 11.4 Å². The number of hydrogen-bond donors (Lipinski definition) is 1. The van der Waals surface area contributed by atoms with E-state index in [1.54, 1.807) is 12.4 Å². The van der Waals surface area contributed by atoms with E-state index in [1.807, 2.05) is 24.3 Å². The van der Waals surface area contributed by atoms with Crippen LogP contribution in [-0.2, 0) is 0 Å². The molecule has 0 aliphatic heterocycles. The summed E-state index contributed by atoms with van der Waals surface area (Å²) in [7, 11) is 0. The molecular formula is C13H14N2S. The molecule has 82 valence electrons. The van der Waals surface area contributed by atoms with Gasteiger partial charge in [-0.1, -0.05) is 19.1 Å². The first-order valence-electron chi connectivity index (χ1n) is 5.37. The van der Waals surface area contributed by atoms with Crippen LogP contribution in [0.1, 0.15) is 24.2 Å². The molecule has 0 spiro atoms. The molecular weight excluding hydrogens is 216 g/mol. The van der Waals surface area contributed by atoms with Crippen molar-refractivity contribution in [1.82, 2.24) is 9.97 Å². The normalized spacial score (nSPS) is 12.4. The minimum Gasteiger partial charge on any atom is -0.255 e. The Bertz CT molecular complexity index is 456. The van der Waals surface area contributed by atoms with E-state index in [9.17, 15) is 0 Å². The zero-order valence-electron chi connectivity index (χ0n) is 9.17. The van der Waals surface area contributed by atoms with Crippen LogP contribution in [-0.4, -0.2) is 9.97 Å². The van der Waals surface area contributed by atoms with E-state index >= 15 is 0 Å². The van der Waals surface area contributed by atoms with Crippen LogP contribution in [0.5, 0.6) is 0 Å². The summed E-state index contributed by atoms with van der Waals surface area (Å²) in [4.78, 5) is 8.74. The molecule has 0 N–H and O–H groups in total. The minimum absolute atomic E-state index is 0.214. The molecule has 0 radical (unpaired) electrons. The third-order valence-corrected chi connectivity index (χ3v) is 3.14. The highest BCUT2D eigenvalue weighted by Gasteiger charge is 2.12. The summed E-state index contributed by atoms with van der Waals surface area (Å²) in [6.45, 7) is 2.12. The van der Waals surface area contributed by atoms with E-state index in [2.05, 4.69) is 35.6 Å². The second-order valence-electron chi connectivity index (χ2n) is 3.58. The predicted molar refractivity (Wildman–Crippen MR) is 69.5 cm³/mol. The van der Waals surface area contributed by atoms with Crippen molar-refractivity contribution in [3.8, 4) is 11.4 Å². The molecule has 0 saturated carbocycles. The number of pyridine rings is 2. The van der Waals surface area contributed by atoms with Crippen LogP contribution in [0, 0.1) is 0 Å². The Balaban J connectivity index is 2.49. The molecule has 1 unspecified atom stereocenters. The molecule has 2 heterocycles. The summed E-state index contributed by atoms with van der Waals surface area (Å²) in [6.07, 6.45) is 4.56. The van der Waals surface area contributed by atoms with Gasteiger partial charge in [0.2, 0.25) is 0 Å². The van der Waals surface area contributed by atoms with Crippen LogP contribution >= 0.6 is 12.6 Å². The van der Waals surface area contributed by atoms with Crippen LogP contribution in [0.3, 0.4) is 0 Å². The first kappa shape index (κ1) is 11.1. The first-order chi connectivity index (χ1) is 7.83. The van der Waals surface area contributed by atoms with Crippen molar-refractivity contribution in [2.45, 2.75) is 18.6 Å². The molecule has 2 nitrogen and oxygen atoms in total. The average molecular weight is 230 g/mol. The molecule has 0 fully saturated rings. The number of hydrogen-bond acceptors (Lipinski definition) is 3. The van der Waals surface area contributed by atoms with Crippen LogP contribution in [0.2, 0.25) is 0 Å². The fourth-order valence-electron chi connectivity index (χ4n) is 1.62. The van der Waals surface area contributed by atoms with Crippen molar-refractivity contribution < 1.29 is 0 Å². The topological polar surface area (TPSA) is 25.8 Å². The summed E-state index contributed by atoms with van der Waals surface area (Å²) >= 11 is 4.57. The summed E-state index contributed by atoms with van der Waals surface area (Å²) in [5, 5.41) is 0.214. The molecule has 2 aromatic rings. The van der Waals surface area contributed by atoms with E-state index in [0.29, 0.717) is 0 Å². The molecule has 3 heteroatoms. The fraction of sp³-hybridized carbons (Fsp3) is 0.231. The van der Waals surface area contributed by atoms with Crippen LogP contribution in [0.4, 0.5) is 0 Å². The summed E-state index contributed by atoms with van der Waals surface area (Å²) in [5.41, 5.74) is 2.99. The Hall–Kier alpha value is -1.35. The lowest BCUT2D eigenvalue weighted by atomic mass is 10.1. The van der Waals surface area contributed by atoms with E-state index in [0.717, 1.165) is 23.4 Å². The van der Waals surface area contributed by atoms with E-state index in [4.69, 9.17) is 0 Å². The molecule has 0 aliphatic carbocycles. The number of aromatic nitrogens is 2. The lowest BCUT2D eigenvalue weighted by molar-refractivity contribution is 0.896. The molecule has 0 bridgehead atoms. The smallest absolute Gasteiger partial charge is 0.0929 e. The van der Waals surface area contributed by atoms with Gasteiger partial charge in [-0.05, 0) is 30.2 Å². The number of nitrogens with zero attached hydrogens (tertiary/aromatic N) is 2. The molecule has 0 saturated heterocycles. The van der Waals surface area contributed by atoms with E-state index < -0.39 is 0 Å². The number of rotatable bonds is 3. The van der Waals surface area contributed by atoms with Crippen molar-refractivity contribution in [3.05, 3.63) is 48.3 Å². The van der Waals surface area contributed by atoms with E-state index in [1.165, 1.54) is 0 Å². The molecule has 0 aliphatic rings. The zero-order chi connectivity index (χ0) is 11.4. The van der Waals surface area contributed by atoms with Gasteiger partial charge < -0.3 is 0 Å². The SMILES string of the molecule is CCC(S)c1cccnc1-c1ccccn1. The largest absolute Gasteiger partial charge is 0.255 e. The van der Waals surface area contributed by atoms with Gasteiger partial charge in [0.15, 0.2) is 0 Å². The monoisotopic (exact) mass is 230 g/mol. The van der Waals surface area contributed by atoms with Crippen molar-refractivity contribution in [3.63, 3.8) is 0 Å². The van der Waals surface area contributed by atoms with Crippen molar-refractivity contribution in [2.24, 2.45) is 0 Å². The molecule has 16 heavy (non-hydrogen) atoms. The number of thiol groups is 1. The third kappa shape index (κ3) is 2.25. The molecule has 2 aromatic heterocycles. The highest BCUT2D eigenvalue weighted by molar-refractivity contribution is 7.80. The van der Waals surface area contributed by atoms with E-state index in [-0.39, 0.29) is 5.25 Å². The lowest BCUT2D eigenvalue weighted by Gasteiger charge is -2.12. The maximum atomic E-state index is 4.57. The average Bonchev–Trinajstić information content (AvgIpc) is 2.39. The van der Waals surface area contributed by atoms with Gasteiger partial charge in [-0.25, -0.2) is 0 Å². The van der Waals surface area contributed by atoms with Gasteiger partial charge in [0.05, 0.1) is 11.4 Å². The van der Waals surface area contributed by atoms with Crippen molar-refractivity contribution >= 4 is 12.6 Å². The highest BCUT2D eigenvalue weighted by atomic mass is 32.1. The van der Waals surface area contributed by atoms with Gasteiger partial charge in [-0.3, -0.25) is 9.97 Å². The predicted octanol–water partition coefficient (Wildman–Crippen LogP) is 3.52. The Morgan fingerprint density at radius 3 is 2.62 bits per heavy atom. The lowest BCUT2D eigenvalue weighted by Crippen LogP contribution is -1.96. The highest BCUT2D eigenvalue weighted by Crippen LogP contribution is 2.30.